The van der Waals surface area contributed by atoms with Gasteiger partial charge < -0.3 is 20.6 Å². The molecule has 2 rings (SSSR count). The van der Waals surface area contributed by atoms with Crippen molar-refractivity contribution in [3.8, 4) is 5.75 Å². The molecular weight excluding hydrogens is 254 g/mol. The van der Waals surface area contributed by atoms with Crippen molar-refractivity contribution in [1.29, 1.82) is 0 Å². The second kappa shape index (κ2) is 7.75. The third-order valence-electron chi connectivity index (χ3n) is 3.59. The molecule has 0 aromatic heterocycles. The lowest BCUT2D eigenvalue weighted by Gasteiger charge is -2.26. The van der Waals surface area contributed by atoms with E-state index in [1.807, 2.05) is 12.1 Å². The van der Waals surface area contributed by atoms with Gasteiger partial charge in [0.25, 0.3) is 0 Å². The van der Waals surface area contributed by atoms with Gasteiger partial charge in [0.2, 0.25) is 0 Å². The van der Waals surface area contributed by atoms with Crippen LogP contribution in [0.1, 0.15) is 31.2 Å². The van der Waals surface area contributed by atoms with Crippen LogP contribution in [0.25, 0.3) is 0 Å². The van der Waals surface area contributed by atoms with Gasteiger partial charge in [0, 0.05) is 12.1 Å². The molecule has 1 fully saturated rings. The molecule has 1 saturated heterocycles. The van der Waals surface area contributed by atoms with Crippen molar-refractivity contribution in [2.75, 3.05) is 26.2 Å². The number of oxime groups is 1. The first-order valence-electron chi connectivity index (χ1n) is 7.23. The molecule has 0 radical (unpaired) electrons. The fraction of sp³-hybridized carbons (Fsp3) is 0.533. The molecule has 0 amide bonds. The van der Waals surface area contributed by atoms with E-state index in [-0.39, 0.29) is 5.84 Å². The van der Waals surface area contributed by atoms with Crippen LogP contribution in [-0.2, 0) is 0 Å². The molecule has 5 heteroatoms. The lowest BCUT2D eigenvalue weighted by atomic mass is 10.1. The highest BCUT2D eigenvalue weighted by Crippen LogP contribution is 2.13. The number of ether oxygens (including phenoxy) is 1. The molecule has 1 aromatic rings. The summed E-state index contributed by atoms with van der Waals surface area (Å²) in [5.41, 5.74) is 6.19. The highest BCUT2D eigenvalue weighted by atomic mass is 16.5. The fourth-order valence-electron chi connectivity index (χ4n) is 2.44. The molecular formula is C15H23N3O2. The largest absolute Gasteiger partial charge is 0.494 e. The molecule has 0 unspecified atom stereocenters. The lowest BCUT2D eigenvalue weighted by molar-refractivity contribution is 0.205. The number of amidine groups is 1. The highest BCUT2D eigenvalue weighted by Gasteiger charge is 2.09. The first-order valence-corrected chi connectivity index (χ1v) is 7.23. The summed E-state index contributed by atoms with van der Waals surface area (Å²) in [5.74, 6) is 0.930. The minimum Gasteiger partial charge on any atom is -0.494 e. The maximum absolute atomic E-state index is 8.58. The zero-order valence-electron chi connectivity index (χ0n) is 11.8. The first kappa shape index (κ1) is 14.7. The molecule has 1 aromatic carbocycles. The molecule has 1 aliphatic heterocycles. The van der Waals surface area contributed by atoms with E-state index in [1.165, 1.54) is 32.4 Å². The Balaban J connectivity index is 1.68. The summed E-state index contributed by atoms with van der Waals surface area (Å²) in [7, 11) is 0. The summed E-state index contributed by atoms with van der Waals surface area (Å²) in [6.07, 6.45) is 5.08. The summed E-state index contributed by atoms with van der Waals surface area (Å²) in [5, 5.41) is 11.5. The van der Waals surface area contributed by atoms with Crippen LogP contribution in [0.2, 0.25) is 0 Å². The molecule has 1 heterocycles. The average Bonchev–Trinajstić information content (AvgIpc) is 2.52. The SMILES string of the molecule is NC(=NO)c1ccc(OCCCN2CCCCC2)cc1. The highest BCUT2D eigenvalue weighted by molar-refractivity contribution is 5.97. The summed E-state index contributed by atoms with van der Waals surface area (Å²) in [6.45, 7) is 4.30. The van der Waals surface area contributed by atoms with Crippen molar-refractivity contribution in [3.63, 3.8) is 0 Å². The van der Waals surface area contributed by atoms with Crippen molar-refractivity contribution in [1.82, 2.24) is 4.90 Å². The molecule has 1 aliphatic rings. The number of hydrogen-bond donors (Lipinski definition) is 2. The Morgan fingerprint density at radius 3 is 2.55 bits per heavy atom. The predicted octanol–water partition coefficient (Wildman–Crippen LogP) is 2.04. The van der Waals surface area contributed by atoms with E-state index in [1.54, 1.807) is 12.1 Å². The van der Waals surface area contributed by atoms with Crippen LogP contribution < -0.4 is 10.5 Å². The number of likely N-dealkylation sites (tertiary alicyclic amines) is 1. The first-order chi connectivity index (χ1) is 9.79. The quantitative estimate of drug-likeness (QED) is 0.274. The van der Waals surface area contributed by atoms with Gasteiger partial charge in [-0.25, -0.2) is 0 Å². The Hall–Kier alpha value is -1.75. The van der Waals surface area contributed by atoms with Crippen molar-refractivity contribution in [2.24, 2.45) is 10.9 Å². The van der Waals surface area contributed by atoms with Crippen molar-refractivity contribution < 1.29 is 9.94 Å². The van der Waals surface area contributed by atoms with Crippen molar-refractivity contribution in [3.05, 3.63) is 29.8 Å². The summed E-state index contributed by atoms with van der Waals surface area (Å²) in [6, 6.07) is 7.26. The number of hydrogen-bond acceptors (Lipinski definition) is 4. The predicted molar refractivity (Wildman–Crippen MR) is 79.4 cm³/mol. The van der Waals surface area contributed by atoms with E-state index in [4.69, 9.17) is 15.7 Å². The van der Waals surface area contributed by atoms with E-state index in [0.29, 0.717) is 5.56 Å². The fourth-order valence-corrected chi connectivity index (χ4v) is 2.44. The lowest BCUT2D eigenvalue weighted by Crippen LogP contribution is -2.31. The van der Waals surface area contributed by atoms with Gasteiger partial charge in [-0.3, -0.25) is 0 Å². The Kier molecular flexibility index (Phi) is 5.68. The number of piperidine rings is 1. The Bertz CT molecular complexity index is 425. The molecule has 110 valence electrons. The third kappa shape index (κ3) is 4.42. The molecule has 0 saturated carbocycles. The van der Waals surface area contributed by atoms with Gasteiger partial charge in [0.1, 0.15) is 5.75 Å². The van der Waals surface area contributed by atoms with E-state index in [2.05, 4.69) is 10.1 Å². The molecule has 0 aliphatic carbocycles. The smallest absolute Gasteiger partial charge is 0.170 e. The van der Waals surface area contributed by atoms with Crippen LogP contribution in [0.3, 0.4) is 0 Å². The number of benzene rings is 1. The van der Waals surface area contributed by atoms with E-state index >= 15 is 0 Å². The van der Waals surface area contributed by atoms with Crippen LogP contribution in [0, 0.1) is 0 Å². The maximum Gasteiger partial charge on any atom is 0.170 e. The van der Waals surface area contributed by atoms with Gasteiger partial charge in [-0.05, 0) is 56.6 Å². The topological polar surface area (TPSA) is 71.1 Å². The summed E-state index contributed by atoms with van der Waals surface area (Å²) in [4.78, 5) is 2.51. The average molecular weight is 277 g/mol. The van der Waals surface area contributed by atoms with E-state index in [0.717, 1.165) is 25.3 Å². The monoisotopic (exact) mass is 277 g/mol. The third-order valence-corrected chi connectivity index (χ3v) is 3.59. The van der Waals surface area contributed by atoms with Gasteiger partial charge in [0.05, 0.1) is 6.61 Å². The summed E-state index contributed by atoms with van der Waals surface area (Å²) < 4.78 is 5.70. The Labute approximate surface area is 120 Å². The zero-order valence-corrected chi connectivity index (χ0v) is 11.8. The van der Waals surface area contributed by atoms with Crippen LogP contribution in [0.4, 0.5) is 0 Å². The van der Waals surface area contributed by atoms with Gasteiger partial charge in [-0.2, -0.15) is 0 Å². The molecule has 0 spiro atoms. The van der Waals surface area contributed by atoms with Crippen LogP contribution >= 0.6 is 0 Å². The number of nitrogens with zero attached hydrogens (tertiary/aromatic N) is 2. The van der Waals surface area contributed by atoms with E-state index in [9.17, 15) is 0 Å². The molecule has 5 nitrogen and oxygen atoms in total. The Morgan fingerprint density at radius 2 is 1.90 bits per heavy atom. The van der Waals surface area contributed by atoms with Crippen LogP contribution in [0.5, 0.6) is 5.75 Å². The second-order valence-corrected chi connectivity index (χ2v) is 5.11. The second-order valence-electron chi connectivity index (χ2n) is 5.11. The van der Waals surface area contributed by atoms with Gasteiger partial charge in [-0.15, -0.1) is 0 Å². The van der Waals surface area contributed by atoms with Crippen LogP contribution in [-0.4, -0.2) is 42.2 Å². The van der Waals surface area contributed by atoms with E-state index < -0.39 is 0 Å². The molecule has 20 heavy (non-hydrogen) atoms. The number of nitrogens with two attached hydrogens (primary N) is 1. The minimum absolute atomic E-state index is 0.113. The molecule has 0 bridgehead atoms. The summed E-state index contributed by atoms with van der Waals surface area (Å²) >= 11 is 0. The number of rotatable bonds is 6. The zero-order chi connectivity index (χ0) is 14.2. The molecule has 0 atom stereocenters. The molecule has 3 N–H and O–H groups in total. The maximum atomic E-state index is 8.58. The standard InChI is InChI=1S/C15H23N3O2/c16-15(17-19)13-5-7-14(8-6-13)20-12-4-11-18-9-2-1-3-10-18/h5-8,19H,1-4,9-12H2,(H2,16,17). The van der Waals surface area contributed by atoms with Gasteiger partial charge in [0.15, 0.2) is 5.84 Å². The van der Waals surface area contributed by atoms with Gasteiger partial charge in [-0.1, -0.05) is 11.6 Å². The van der Waals surface area contributed by atoms with Crippen molar-refractivity contribution >= 4 is 5.84 Å². The minimum atomic E-state index is 0.113. The van der Waals surface area contributed by atoms with Crippen LogP contribution in [0.15, 0.2) is 29.4 Å². The van der Waals surface area contributed by atoms with Crippen molar-refractivity contribution in [2.45, 2.75) is 25.7 Å². The Morgan fingerprint density at radius 1 is 1.20 bits per heavy atom. The normalized spacial score (nSPS) is 17.1. The van der Waals surface area contributed by atoms with Gasteiger partial charge >= 0.3 is 0 Å².